The highest BCUT2D eigenvalue weighted by Crippen LogP contribution is 2.21. The highest BCUT2D eigenvalue weighted by atomic mass is 16.3. The number of aromatic nitrogens is 2. The van der Waals surface area contributed by atoms with Crippen molar-refractivity contribution < 1.29 is 5.11 Å². The van der Waals surface area contributed by atoms with Gasteiger partial charge in [-0.05, 0) is 0 Å². The van der Waals surface area contributed by atoms with Crippen LogP contribution in [0.4, 0.5) is 5.82 Å². The van der Waals surface area contributed by atoms with Gasteiger partial charge < -0.3 is 21.1 Å². The van der Waals surface area contributed by atoms with Gasteiger partial charge in [-0.1, -0.05) is 0 Å². The molecule has 0 fully saturated rings. The second kappa shape index (κ2) is 2.11. The fourth-order valence-corrected chi connectivity index (χ4v) is 1.05. The van der Waals surface area contributed by atoms with E-state index < -0.39 is 11.9 Å². The van der Waals surface area contributed by atoms with Crippen molar-refractivity contribution in [1.29, 1.82) is 0 Å². The van der Waals surface area contributed by atoms with Gasteiger partial charge in [0.2, 0.25) is 0 Å². The lowest BCUT2D eigenvalue weighted by Gasteiger charge is -2.14. The lowest BCUT2D eigenvalue weighted by Crippen LogP contribution is -2.27. The number of imidazole rings is 1. The van der Waals surface area contributed by atoms with Crippen molar-refractivity contribution in [2.24, 2.45) is 10.7 Å². The van der Waals surface area contributed by atoms with Crippen LogP contribution >= 0.6 is 0 Å². The Balaban J connectivity index is 2.54. The summed E-state index contributed by atoms with van der Waals surface area (Å²) in [5.41, 5.74) is 5.19. The molecule has 2 heterocycles. The Bertz CT molecular complexity index is 389. The van der Waals surface area contributed by atoms with E-state index in [2.05, 4.69) is 20.3 Å². The third-order valence-electron chi connectivity index (χ3n) is 1.53. The molecule has 0 amide bonds. The second-order valence-corrected chi connectivity index (χ2v) is 2.38. The topological polar surface area (TPSA) is 119 Å². The molecule has 1 aromatic rings. The molecule has 0 spiro atoms. The lowest BCUT2D eigenvalue weighted by molar-refractivity contribution is 0.183. The first-order valence-electron chi connectivity index (χ1n) is 3.27. The Hall–Kier alpha value is -1.76. The van der Waals surface area contributed by atoms with Gasteiger partial charge in [0, 0.05) is 0 Å². The van der Waals surface area contributed by atoms with Crippen molar-refractivity contribution >= 4 is 11.8 Å². The van der Waals surface area contributed by atoms with Crippen LogP contribution in [0.2, 0.25) is 0 Å². The Morgan fingerprint density at radius 3 is 3.00 bits per heavy atom. The number of H-pyrrole nitrogens is 2. The predicted molar refractivity (Wildman–Crippen MR) is 41.6 cm³/mol. The maximum atomic E-state index is 10.8. The Kier molecular flexibility index (Phi) is 1.22. The summed E-state index contributed by atoms with van der Waals surface area (Å²) in [6.45, 7) is 0. The van der Waals surface area contributed by atoms with Crippen molar-refractivity contribution in [2.75, 3.05) is 5.32 Å². The number of aliphatic imine (C=N–C) groups is 1. The van der Waals surface area contributed by atoms with Gasteiger partial charge in [0.05, 0.1) is 0 Å². The monoisotopic (exact) mass is 169 g/mol. The van der Waals surface area contributed by atoms with E-state index in [1.54, 1.807) is 0 Å². The van der Waals surface area contributed by atoms with Crippen molar-refractivity contribution in [1.82, 2.24) is 9.97 Å². The van der Waals surface area contributed by atoms with E-state index in [-0.39, 0.29) is 5.96 Å². The third kappa shape index (κ3) is 0.873. The first kappa shape index (κ1) is 6.92. The molecular weight excluding hydrogens is 162 g/mol. The minimum absolute atomic E-state index is 0.0743. The molecule has 7 heteroatoms. The van der Waals surface area contributed by atoms with Crippen LogP contribution in [-0.4, -0.2) is 21.0 Å². The molecule has 6 N–H and O–H groups in total. The first-order valence-corrected chi connectivity index (χ1v) is 3.27. The van der Waals surface area contributed by atoms with Crippen molar-refractivity contribution in [3.63, 3.8) is 0 Å². The Morgan fingerprint density at radius 1 is 1.50 bits per heavy atom. The predicted octanol–water partition coefficient (Wildman–Crippen LogP) is -1.57. The first-order chi connectivity index (χ1) is 5.66. The summed E-state index contributed by atoms with van der Waals surface area (Å²) < 4.78 is 0. The van der Waals surface area contributed by atoms with E-state index in [4.69, 9.17) is 5.73 Å². The number of fused-ring (bicyclic) bond motifs is 1. The third-order valence-corrected chi connectivity index (χ3v) is 1.53. The number of anilines is 1. The van der Waals surface area contributed by atoms with Gasteiger partial charge in [0.25, 0.3) is 0 Å². The molecule has 64 valence electrons. The average molecular weight is 169 g/mol. The van der Waals surface area contributed by atoms with Crippen LogP contribution in [0.3, 0.4) is 0 Å². The maximum Gasteiger partial charge on any atom is 0.324 e. The zero-order valence-corrected chi connectivity index (χ0v) is 5.96. The Morgan fingerprint density at radius 2 is 2.25 bits per heavy atom. The van der Waals surface area contributed by atoms with Crippen LogP contribution in [0.25, 0.3) is 0 Å². The molecule has 1 aliphatic rings. The highest BCUT2D eigenvalue weighted by Gasteiger charge is 2.20. The van der Waals surface area contributed by atoms with E-state index in [0.29, 0.717) is 11.5 Å². The van der Waals surface area contributed by atoms with Crippen molar-refractivity contribution in [3.05, 3.63) is 16.2 Å². The van der Waals surface area contributed by atoms with Crippen molar-refractivity contribution in [3.8, 4) is 0 Å². The highest BCUT2D eigenvalue weighted by molar-refractivity contribution is 5.93. The number of nitrogens with one attached hydrogen (secondary N) is 3. The van der Waals surface area contributed by atoms with Crippen LogP contribution in [0, 0.1) is 0 Å². The molecule has 1 unspecified atom stereocenters. The maximum absolute atomic E-state index is 10.8. The summed E-state index contributed by atoms with van der Waals surface area (Å²) in [5.74, 6) is 0.435. The van der Waals surface area contributed by atoms with Crippen LogP contribution in [0.1, 0.15) is 11.9 Å². The molecule has 0 aromatic carbocycles. The fraction of sp³-hybridized carbons (Fsp3) is 0.200. The SMILES string of the molecule is NC1=NC(O)c2[nH]c(=O)[nH]c2N1. The van der Waals surface area contributed by atoms with Gasteiger partial charge in [-0.25, -0.2) is 9.79 Å². The number of hydrogen-bond acceptors (Lipinski definition) is 5. The molecular formula is C5H7N5O2. The number of aromatic amines is 2. The minimum Gasteiger partial charge on any atom is -0.370 e. The molecule has 0 saturated carbocycles. The van der Waals surface area contributed by atoms with Crippen LogP contribution in [-0.2, 0) is 0 Å². The van der Waals surface area contributed by atoms with Gasteiger partial charge in [0.15, 0.2) is 12.2 Å². The average Bonchev–Trinajstić information content (AvgIpc) is 2.29. The number of hydrogen-bond donors (Lipinski definition) is 5. The molecule has 12 heavy (non-hydrogen) atoms. The fourth-order valence-electron chi connectivity index (χ4n) is 1.05. The summed E-state index contributed by atoms with van der Waals surface area (Å²) in [7, 11) is 0. The van der Waals surface area contributed by atoms with E-state index in [1.165, 1.54) is 0 Å². The Labute approximate surface area is 66.3 Å². The molecule has 1 aliphatic heterocycles. The number of aliphatic hydroxyl groups is 1. The summed E-state index contributed by atoms with van der Waals surface area (Å²) >= 11 is 0. The molecule has 7 nitrogen and oxygen atoms in total. The number of rotatable bonds is 0. The van der Waals surface area contributed by atoms with E-state index >= 15 is 0 Å². The smallest absolute Gasteiger partial charge is 0.324 e. The van der Waals surface area contributed by atoms with Crippen molar-refractivity contribution in [2.45, 2.75) is 6.23 Å². The zero-order valence-electron chi connectivity index (χ0n) is 5.96. The molecule has 1 aromatic heterocycles. The number of nitrogens with zero attached hydrogens (tertiary/aromatic N) is 1. The van der Waals surface area contributed by atoms with Crippen LogP contribution < -0.4 is 16.7 Å². The number of guanidine groups is 1. The van der Waals surface area contributed by atoms with Gasteiger partial charge in [-0.3, -0.25) is 4.98 Å². The summed E-state index contributed by atoms with van der Waals surface area (Å²) in [5, 5.41) is 11.8. The standard InChI is InChI=1S/C5H7N5O2/c6-4-8-2-1(3(11)10-4)7-5(12)9-2/h3,11H,(H3,6,8,10)(H2,7,9,12). The number of aliphatic hydroxyl groups excluding tert-OH is 1. The van der Waals surface area contributed by atoms with Gasteiger partial charge >= 0.3 is 5.69 Å². The van der Waals surface area contributed by atoms with Gasteiger partial charge in [-0.2, -0.15) is 0 Å². The van der Waals surface area contributed by atoms with E-state index in [9.17, 15) is 9.90 Å². The summed E-state index contributed by atoms with van der Waals surface area (Å²) in [4.78, 5) is 19.1. The normalized spacial score (nSPS) is 21.1. The van der Waals surface area contributed by atoms with Gasteiger partial charge in [0.1, 0.15) is 11.5 Å². The van der Waals surface area contributed by atoms with E-state index in [0.717, 1.165) is 0 Å². The zero-order chi connectivity index (χ0) is 8.72. The molecule has 0 aliphatic carbocycles. The molecule has 0 radical (unpaired) electrons. The molecule has 2 rings (SSSR count). The summed E-state index contributed by atoms with van der Waals surface area (Å²) in [6, 6.07) is 0. The minimum atomic E-state index is -1.10. The quantitative estimate of drug-likeness (QED) is 0.322. The second-order valence-electron chi connectivity index (χ2n) is 2.38. The lowest BCUT2D eigenvalue weighted by atomic mass is 10.3. The van der Waals surface area contributed by atoms with Crippen LogP contribution in [0.5, 0.6) is 0 Å². The molecule has 0 bridgehead atoms. The molecule has 0 saturated heterocycles. The van der Waals surface area contributed by atoms with Crippen LogP contribution in [0.15, 0.2) is 9.79 Å². The van der Waals surface area contributed by atoms with Gasteiger partial charge in [-0.15, -0.1) is 0 Å². The summed E-state index contributed by atoms with van der Waals surface area (Å²) in [6.07, 6.45) is -1.10. The number of nitrogens with two attached hydrogens (primary N) is 1. The molecule has 1 atom stereocenters. The largest absolute Gasteiger partial charge is 0.370 e. The van der Waals surface area contributed by atoms with E-state index in [1.807, 2.05) is 0 Å².